The molecule has 0 saturated heterocycles. The SMILES string of the molecule is CCOc1ccccc1/C=N\NC(=O)C(=O)Nc1ccccc1C(=O)Nc1ccc(Br)cc1. The number of hydrogen-bond donors (Lipinski definition) is 3. The summed E-state index contributed by atoms with van der Waals surface area (Å²) in [6.07, 6.45) is 1.38. The first kappa shape index (κ1) is 23.7. The van der Waals surface area contributed by atoms with Crippen molar-refractivity contribution in [3.8, 4) is 5.75 Å². The van der Waals surface area contributed by atoms with Crippen molar-refractivity contribution in [3.05, 3.63) is 88.4 Å². The molecule has 0 unspecified atom stereocenters. The molecule has 9 heteroatoms. The summed E-state index contributed by atoms with van der Waals surface area (Å²) in [5.41, 5.74) is 3.80. The minimum Gasteiger partial charge on any atom is -0.493 e. The van der Waals surface area contributed by atoms with Gasteiger partial charge in [0, 0.05) is 15.7 Å². The number of rotatable bonds is 7. The largest absolute Gasteiger partial charge is 0.493 e. The molecule has 8 nitrogen and oxygen atoms in total. The third-order valence-corrected chi connectivity index (χ3v) is 4.85. The van der Waals surface area contributed by atoms with E-state index in [-0.39, 0.29) is 11.3 Å². The lowest BCUT2D eigenvalue weighted by Crippen LogP contribution is -2.33. The van der Waals surface area contributed by atoms with Crippen molar-refractivity contribution in [1.82, 2.24) is 5.43 Å². The third-order valence-electron chi connectivity index (χ3n) is 4.32. The van der Waals surface area contributed by atoms with Gasteiger partial charge in [0.1, 0.15) is 5.75 Å². The lowest BCUT2D eigenvalue weighted by atomic mass is 10.1. The topological polar surface area (TPSA) is 109 Å². The highest BCUT2D eigenvalue weighted by molar-refractivity contribution is 9.10. The number of anilines is 2. The molecule has 168 valence electrons. The molecule has 33 heavy (non-hydrogen) atoms. The van der Waals surface area contributed by atoms with Gasteiger partial charge in [0.15, 0.2) is 0 Å². The van der Waals surface area contributed by atoms with E-state index in [0.717, 1.165) is 4.47 Å². The molecule has 0 aromatic heterocycles. The number of carbonyl (C=O) groups excluding carboxylic acids is 3. The van der Waals surface area contributed by atoms with Crippen LogP contribution in [0.15, 0.2) is 82.4 Å². The van der Waals surface area contributed by atoms with E-state index in [2.05, 4.69) is 37.1 Å². The van der Waals surface area contributed by atoms with Crippen molar-refractivity contribution in [1.29, 1.82) is 0 Å². The van der Waals surface area contributed by atoms with Crippen molar-refractivity contribution < 1.29 is 19.1 Å². The Kier molecular flexibility index (Phi) is 8.31. The Bertz CT molecular complexity index is 1180. The molecular weight excluding hydrogens is 488 g/mol. The number of carbonyl (C=O) groups is 3. The molecule has 0 bridgehead atoms. The maximum atomic E-state index is 12.7. The van der Waals surface area contributed by atoms with E-state index in [1.165, 1.54) is 12.3 Å². The van der Waals surface area contributed by atoms with E-state index in [9.17, 15) is 14.4 Å². The molecule has 3 amide bonds. The second kappa shape index (κ2) is 11.6. The zero-order chi connectivity index (χ0) is 23.6. The summed E-state index contributed by atoms with van der Waals surface area (Å²) >= 11 is 3.34. The number of halogens is 1. The zero-order valence-electron chi connectivity index (χ0n) is 17.7. The molecule has 3 N–H and O–H groups in total. The van der Waals surface area contributed by atoms with Gasteiger partial charge in [-0.25, -0.2) is 5.43 Å². The number of nitrogens with zero attached hydrogens (tertiary/aromatic N) is 1. The molecule has 3 aromatic rings. The van der Waals surface area contributed by atoms with Crippen LogP contribution in [-0.2, 0) is 9.59 Å². The fraction of sp³-hybridized carbons (Fsp3) is 0.0833. The Morgan fingerprint density at radius 2 is 1.61 bits per heavy atom. The van der Waals surface area contributed by atoms with Crippen LogP contribution >= 0.6 is 15.9 Å². The molecule has 0 aliphatic carbocycles. The lowest BCUT2D eigenvalue weighted by molar-refractivity contribution is -0.136. The Morgan fingerprint density at radius 1 is 0.909 bits per heavy atom. The predicted molar refractivity (Wildman–Crippen MR) is 131 cm³/mol. The first-order valence-corrected chi connectivity index (χ1v) is 10.8. The monoisotopic (exact) mass is 508 g/mol. The van der Waals surface area contributed by atoms with Gasteiger partial charge in [0.2, 0.25) is 0 Å². The second-order valence-electron chi connectivity index (χ2n) is 6.63. The normalized spacial score (nSPS) is 10.5. The first-order chi connectivity index (χ1) is 16.0. The predicted octanol–water partition coefficient (Wildman–Crippen LogP) is 4.19. The van der Waals surface area contributed by atoms with Crippen LogP contribution in [-0.4, -0.2) is 30.5 Å². The summed E-state index contributed by atoms with van der Waals surface area (Å²) in [6.45, 7) is 2.34. The van der Waals surface area contributed by atoms with Gasteiger partial charge in [-0.3, -0.25) is 14.4 Å². The average molecular weight is 509 g/mol. The molecule has 0 fully saturated rings. The molecule has 0 saturated carbocycles. The van der Waals surface area contributed by atoms with Crippen LogP contribution in [0.5, 0.6) is 5.75 Å². The van der Waals surface area contributed by atoms with Crippen molar-refractivity contribution >= 4 is 51.2 Å². The lowest BCUT2D eigenvalue weighted by Gasteiger charge is -2.11. The molecule has 0 aliphatic heterocycles. The Labute approximate surface area is 199 Å². The number of hydrogen-bond acceptors (Lipinski definition) is 5. The van der Waals surface area contributed by atoms with Crippen LogP contribution in [0, 0.1) is 0 Å². The van der Waals surface area contributed by atoms with E-state index in [1.54, 1.807) is 60.7 Å². The molecule has 0 atom stereocenters. The number of para-hydroxylation sites is 2. The number of amides is 3. The van der Waals surface area contributed by atoms with Crippen LogP contribution in [0.3, 0.4) is 0 Å². The van der Waals surface area contributed by atoms with Crippen LogP contribution in [0.2, 0.25) is 0 Å². The Morgan fingerprint density at radius 3 is 2.36 bits per heavy atom. The summed E-state index contributed by atoms with van der Waals surface area (Å²) in [7, 11) is 0. The van der Waals surface area contributed by atoms with E-state index < -0.39 is 17.7 Å². The minimum atomic E-state index is -0.983. The van der Waals surface area contributed by atoms with Crippen molar-refractivity contribution in [2.45, 2.75) is 6.92 Å². The molecule has 3 rings (SSSR count). The maximum Gasteiger partial charge on any atom is 0.329 e. The zero-order valence-corrected chi connectivity index (χ0v) is 19.3. The van der Waals surface area contributed by atoms with Gasteiger partial charge in [-0.05, 0) is 55.5 Å². The first-order valence-electron chi connectivity index (χ1n) is 10.00. The van der Waals surface area contributed by atoms with Gasteiger partial charge in [-0.1, -0.05) is 40.2 Å². The smallest absolute Gasteiger partial charge is 0.329 e. The summed E-state index contributed by atoms with van der Waals surface area (Å²) in [6, 6.07) is 20.6. The average Bonchev–Trinajstić information content (AvgIpc) is 2.82. The minimum absolute atomic E-state index is 0.193. The third kappa shape index (κ3) is 6.75. The highest BCUT2D eigenvalue weighted by atomic mass is 79.9. The fourth-order valence-corrected chi connectivity index (χ4v) is 3.05. The molecule has 0 spiro atoms. The van der Waals surface area contributed by atoms with Gasteiger partial charge in [0.05, 0.1) is 24.1 Å². The number of hydrazone groups is 1. The van der Waals surface area contributed by atoms with Crippen LogP contribution in [0.1, 0.15) is 22.8 Å². The Balaban J connectivity index is 1.64. The van der Waals surface area contributed by atoms with Crippen molar-refractivity contribution in [2.75, 3.05) is 17.2 Å². The van der Waals surface area contributed by atoms with Gasteiger partial charge in [-0.2, -0.15) is 5.10 Å². The van der Waals surface area contributed by atoms with Crippen LogP contribution < -0.4 is 20.8 Å². The van der Waals surface area contributed by atoms with Gasteiger partial charge >= 0.3 is 11.8 Å². The summed E-state index contributed by atoms with van der Waals surface area (Å²) in [5.74, 6) is -1.77. The molecular formula is C24H21BrN4O4. The van der Waals surface area contributed by atoms with E-state index >= 15 is 0 Å². The quantitative estimate of drug-likeness (QED) is 0.252. The summed E-state index contributed by atoms with van der Waals surface area (Å²) in [5, 5.41) is 9.02. The summed E-state index contributed by atoms with van der Waals surface area (Å²) in [4.78, 5) is 37.2. The maximum absolute atomic E-state index is 12.7. The van der Waals surface area contributed by atoms with Crippen molar-refractivity contribution in [3.63, 3.8) is 0 Å². The highest BCUT2D eigenvalue weighted by Crippen LogP contribution is 2.19. The molecule has 0 radical (unpaired) electrons. The fourth-order valence-electron chi connectivity index (χ4n) is 2.79. The highest BCUT2D eigenvalue weighted by Gasteiger charge is 2.18. The van der Waals surface area contributed by atoms with Gasteiger partial charge in [0.25, 0.3) is 5.91 Å². The van der Waals surface area contributed by atoms with Gasteiger partial charge in [-0.15, -0.1) is 0 Å². The van der Waals surface area contributed by atoms with E-state index in [0.29, 0.717) is 23.6 Å². The summed E-state index contributed by atoms with van der Waals surface area (Å²) < 4.78 is 6.36. The number of nitrogens with one attached hydrogen (secondary N) is 3. The van der Waals surface area contributed by atoms with Crippen LogP contribution in [0.4, 0.5) is 11.4 Å². The molecule has 3 aromatic carbocycles. The molecule has 0 heterocycles. The van der Waals surface area contributed by atoms with Crippen molar-refractivity contribution in [2.24, 2.45) is 5.10 Å². The van der Waals surface area contributed by atoms with Gasteiger partial charge < -0.3 is 15.4 Å². The van der Waals surface area contributed by atoms with E-state index in [1.807, 2.05) is 13.0 Å². The molecule has 0 aliphatic rings. The number of benzene rings is 3. The van der Waals surface area contributed by atoms with Crippen LogP contribution in [0.25, 0.3) is 0 Å². The Hall–Kier alpha value is -3.98. The second-order valence-corrected chi connectivity index (χ2v) is 7.55. The standard InChI is InChI=1S/C24H21BrN4O4/c1-2-33-21-10-6-3-7-16(21)15-26-29-24(32)23(31)28-20-9-5-4-8-19(20)22(30)27-18-13-11-17(25)12-14-18/h3-15H,2H2,1H3,(H,27,30)(H,28,31)(H,29,32)/b26-15-. The number of ether oxygens (including phenoxy) is 1. The van der Waals surface area contributed by atoms with E-state index in [4.69, 9.17) is 4.74 Å².